The highest BCUT2D eigenvalue weighted by Crippen LogP contribution is 2.19. The summed E-state index contributed by atoms with van der Waals surface area (Å²) in [6.45, 7) is 8.35. The summed E-state index contributed by atoms with van der Waals surface area (Å²) in [5.41, 5.74) is 2.01. The molecule has 3 rings (SSSR count). The molecule has 0 radical (unpaired) electrons. The summed E-state index contributed by atoms with van der Waals surface area (Å²) in [5.74, 6) is 0.0334. The number of hydrogen-bond donors (Lipinski definition) is 1. The van der Waals surface area contributed by atoms with Gasteiger partial charge in [-0.1, -0.05) is 0 Å². The Morgan fingerprint density at radius 1 is 1.00 bits per heavy atom. The number of ether oxygens (including phenoxy) is 2. The lowest BCUT2D eigenvalue weighted by atomic mass is 10.2. The van der Waals surface area contributed by atoms with Gasteiger partial charge in [-0.15, -0.1) is 0 Å². The van der Waals surface area contributed by atoms with Gasteiger partial charge in [-0.05, 0) is 31.2 Å². The molecule has 0 aliphatic carbocycles. The van der Waals surface area contributed by atoms with Crippen molar-refractivity contribution in [1.82, 2.24) is 4.90 Å². The number of hydrogen-bond acceptors (Lipinski definition) is 5. The number of benzene rings is 1. The van der Waals surface area contributed by atoms with Gasteiger partial charge in [0, 0.05) is 37.6 Å². The molecule has 2 aliphatic heterocycles. The van der Waals surface area contributed by atoms with Crippen molar-refractivity contribution in [1.29, 1.82) is 0 Å². The minimum atomic E-state index is -0.141. The summed E-state index contributed by atoms with van der Waals surface area (Å²) in [5, 5.41) is 3.00. The van der Waals surface area contributed by atoms with E-state index in [4.69, 9.17) is 9.47 Å². The molecule has 6 heteroatoms. The van der Waals surface area contributed by atoms with Gasteiger partial charge in [0.2, 0.25) is 5.91 Å². The number of amides is 1. The molecule has 2 saturated heterocycles. The molecule has 1 atom stereocenters. The standard InChI is InChI=1S/C17H25N3O3/c1-14(19-6-10-22-11-7-19)17(21)18-15-2-4-16(5-3-15)20-8-12-23-13-9-20/h2-5,14H,6-13H2,1H3,(H,18,21)/t14-/m1/s1. The molecular formula is C17H25N3O3. The summed E-state index contributed by atoms with van der Waals surface area (Å²) in [6.07, 6.45) is 0. The normalized spacial score (nSPS) is 21.0. The van der Waals surface area contributed by atoms with Crippen LogP contribution in [0.1, 0.15) is 6.92 Å². The molecule has 6 nitrogen and oxygen atoms in total. The van der Waals surface area contributed by atoms with Gasteiger partial charge in [0.25, 0.3) is 0 Å². The first kappa shape index (κ1) is 16.2. The summed E-state index contributed by atoms with van der Waals surface area (Å²) >= 11 is 0. The maximum Gasteiger partial charge on any atom is 0.241 e. The van der Waals surface area contributed by atoms with E-state index in [2.05, 4.69) is 27.2 Å². The van der Waals surface area contributed by atoms with Gasteiger partial charge >= 0.3 is 0 Å². The number of anilines is 2. The van der Waals surface area contributed by atoms with Crippen LogP contribution in [0.15, 0.2) is 24.3 Å². The van der Waals surface area contributed by atoms with Crippen molar-refractivity contribution in [3.63, 3.8) is 0 Å². The first-order valence-electron chi connectivity index (χ1n) is 8.29. The second kappa shape index (κ2) is 7.77. The topological polar surface area (TPSA) is 54.0 Å². The van der Waals surface area contributed by atoms with Crippen LogP contribution in [0.4, 0.5) is 11.4 Å². The van der Waals surface area contributed by atoms with Gasteiger partial charge in [0.1, 0.15) is 0 Å². The number of rotatable bonds is 4. The number of carbonyl (C=O) groups is 1. The van der Waals surface area contributed by atoms with E-state index in [1.54, 1.807) is 0 Å². The van der Waals surface area contributed by atoms with Crippen molar-refractivity contribution in [2.45, 2.75) is 13.0 Å². The monoisotopic (exact) mass is 319 g/mol. The van der Waals surface area contributed by atoms with E-state index in [-0.39, 0.29) is 11.9 Å². The summed E-state index contributed by atoms with van der Waals surface area (Å²) < 4.78 is 10.7. The molecule has 1 amide bonds. The molecule has 23 heavy (non-hydrogen) atoms. The van der Waals surface area contributed by atoms with Gasteiger partial charge < -0.3 is 19.7 Å². The fourth-order valence-corrected chi connectivity index (χ4v) is 2.95. The zero-order valence-electron chi connectivity index (χ0n) is 13.7. The third-order valence-electron chi connectivity index (χ3n) is 4.48. The predicted molar refractivity (Wildman–Crippen MR) is 90.0 cm³/mol. The van der Waals surface area contributed by atoms with Crippen molar-refractivity contribution in [3.05, 3.63) is 24.3 Å². The lowest BCUT2D eigenvalue weighted by Crippen LogP contribution is -2.47. The molecule has 2 aliphatic rings. The minimum absolute atomic E-state index is 0.0334. The van der Waals surface area contributed by atoms with Crippen LogP contribution in [0.25, 0.3) is 0 Å². The molecule has 126 valence electrons. The number of morpholine rings is 2. The van der Waals surface area contributed by atoms with E-state index in [1.807, 2.05) is 19.1 Å². The lowest BCUT2D eigenvalue weighted by molar-refractivity contribution is -0.122. The maximum atomic E-state index is 12.4. The Hall–Kier alpha value is -1.63. The average molecular weight is 319 g/mol. The molecule has 0 spiro atoms. The van der Waals surface area contributed by atoms with Crippen molar-refractivity contribution in [2.24, 2.45) is 0 Å². The Kier molecular flexibility index (Phi) is 5.48. The Labute approximate surface area is 137 Å². The van der Waals surface area contributed by atoms with Gasteiger partial charge in [-0.2, -0.15) is 0 Å². The van der Waals surface area contributed by atoms with Crippen LogP contribution >= 0.6 is 0 Å². The van der Waals surface area contributed by atoms with E-state index < -0.39 is 0 Å². The second-order valence-electron chi connectivity index (χ2n) is 5.96. The highest BCUT2D eigenvalue weighted by molar-refractivity contribution is 5.94. The fraction of sp³-hybridized carbons (Fsp3) is 0.588. The Balaban J connectivity index is 1.55. The second-order valence-corrected chi connectivity index (χ2v) is 5.96. The van der Waals surface area contributed by atoms with Gasteiger partial charge in [0.15, 0.2) is 0 Å². The van der Waals surface area contributed by atoms with Crippen molar-refractivity contribution >= 4 is 17.3 Å². The third kappa shape index (κ3) is 4.22. The Bertz CT molecular complexity index is 508. The van der Waals surface area contributed by atoms with Crippen LogP contribution < -0.4 is 10.2 Å². The number of nitrogens with zero attached hydrogens (tertiary/aromatic N) is 2. The van der Waals surface area contributed by atoms with Gasteiger partial charge in [-0.3, -0.25) is 9.69 Å². The Morgan fingerprint density at radius 3 is 2.17 bits per heavy atom. The van der Waals surface area contributed by atoms with E-state index in [9.17, 15) is 4.79 Å². The largest absolute Gasteiger partial charge is 0.379 e. The van der Waals surface area contributed by atoms with Crippen molar-refractivity contribution in [3.8, 4) is 0 Å². The number of nitrogens with one attached hydrogen (secondary N) is 1. The highest BCUT2D eigenvalue weighted by atomic mass is 16.5. The van der Waals surface area contributed by atoms with E-state index >= 15 is 0 Å². The highest BCUT2D eigenvalue weighted by Gasteiger charge is 2.23. The first-order chi connectivity index (χ1) is 11.2. The summed E-state index contributed by atoms with van der Waals surface area (Å²) in [6, 6.07) is 7.90. The zero-order chi connectivity index (χ0) is 16.1. The molecular weight excluding hydrogens is 294 g/mol. The van der Waals surface area contributed by atoms with E-state index in [0.717, 1.165) is 45.1 Å². The molecule has 0 saturated carbocycles. The summed E-state index contributed by atoms with van der Waals surface area (Å²) in [4.78, 5) is 16.8. The molecule has 0 unspecified atom stereocenters. The zero-order valence-corrected chi connectivity index (χ0v) is 13.7. The van der Waals surface area contributed by atoms with Crippen LogP contribution in [0.5, 0.6) is 0 Å². The molecule has 1 N–H and O–H groups in total. The third-order valence-corrected chi connectivity index (χ3v) is 4.48. The Morgan fingerprint density at radius 2 is 1.57 bits per heavy atom. The van der Waals surface area contributed by atoms with Crippen LogP contribution in [0.3, 0.4) is 0 Å². The van der Waals surface area contributed by atoms with Gasteiger partial charge in [-0.25, -0.2) is 0 Å². The van der Waals surface area contributed by atoms with Crippen LogP contribution in [-0.2, 0) is 14.3 Å². The number of carbonyl (C=O) groups excluding carboxylic acids is 1. The van der Waals surface area contributed by atoms with Crippen LogP contribution in [0.2, 0.25) is 0 Å². The fourth-order valence-electron chi connectivity index (χ4n) is 2.95. The molecule has 2 fully saturated rings. The van der Waals surface area contributed by atoms with Crippen LogP contribution in [-0.4, -0.2) is 69.5 Å². The summed E-state index contributed by atoms with van der Waals surface area (Å²) in [7, 11) is 0. The van der Waals surface area contributed by atoms with E-state index in [0.29, 0.717) is 13.2 Å². The average Bonchev–Trinajstić information content (AvgIpc) is 2.63. The smallest absolute Gasteiger partial charge is 0.241 e. The van der Waals surface area contributed by atoms with Crippen molar-refractivity contribution < 1.29 is 14.3 Å². The lowest BCUT2D eigenvalue weighted by Gasteiger charge is -2.31. The van der Waals surface area contributed by atoms with Crippen molar-refractivity contribution in [2.75, 3.05) is 62.8 Å². The minimum Gasteiger partial charge on any atom is -0.379 e. The SMILES string of the molecule is C[C@H](C(=O)Nc1ccc(N2CCOCC2)cc1)N1CCOCC1. The molecule has 1 aromatic carbocycles. The quantitative estimate of drug-likeness (QED) is 0.903. The van der Waals surface area contributed by atoms with E-state index in [1.165, 1.54) is 5.69 Å². The van der Waals surface area contributed by atoms with Crippen LogP contribution in [0, 0.1) is 0 Å². The molecule has 2 heterocycles. The molecule has 0 aromatic heterocycles. The maximum absolute atomic E-state index is 12.4. The first-order valence-corrected chi connectivity index (χ1v) is 8.29. The predicted octanol–water partition coefficient (Wildman–Crippen LogP) is 1.18. The molecule has 0 bridgehead atoms. The van der Waals surface area contributed by atoms with Gasteiger partial charge in [0.05, 0.1) is 32.5 Å². The molecule has 1 aromatic rings.